The molecule has 0 aromatic heterocycles. The van der Waals surface area contributed by atoms with Crippen LogP contribution in [0.25, 0.3) is 0 Å². The summed E-state index contributed by atoms with van der Waals surface area (Å²) in [6.45, 7) is 5.79. The van der Waals surface area contributed by atoms with Crippen molar-refractivity contribution in [2.75, 3.05) is 124 Å². The molecule has 0 unspecified atom stereocenters. The second-order valence-corrected chi connectivity index (χ2v) is 10.4. The zero-order valence-electron chi connectivity index (χ0n) is 20.9. The van der Waals surface area contributed by atoms with Gasteiger partial charge >= 0.3 is 0 Å². The van der Waals surface area contributed by atoms with Crippen LogP contribution in [0.5, 0.6) is 0 Å². The second kappa shape index (κ2) is 18.6. The fourth-order valence-electron chi connectivity index (χ4n) is 1.10. The zero-order valence-corrected chi connectivity index (χ0v) is 21.8. The molecule has 11 heteroatoms. The zero-order chi connectivity index (χ0) is 24.4. The Morgan fingerprint density at radius 1 is 0.552 bits per heavy atom. The molecule has 0 heterocycles. The molecule has 0 rings (SSSR count). The smallest absolute Gasteiger partial charge is 0.102 e. The van der Waals surface area contributed by atoms with Crippen molar-refractivity contribution in [3.05, 3.63) is 0 Å². The molecule has 0 amide bonds. The van der Waals surface area contributed by atoms with Gasteiger partial charge in [-0.05, 0) is 0 Å². The summed E-state index contributed by atoms with van der Waals surface area (Å²) in [4.78, 5) is 25.6. The number of methoxy groups -OCH3 is 3. The van der Waals surface area contributed by atoms with Crippen LogP contribution in [-0.2, 0) is 18.8 Å². The number of nitrogens with zero attached hydrogens (tertiary/aromatic N) is 3. The maximum atomic E-state index is 8.55. The fraction of sp³-hybridized carbons (Fsp3) is 1.00. The van der Waals surface area contributed by atoms with Crippen LogP contribution < -0.4 is 14.7 Å². The van der Waals surface area contributed by atoms with Gasteiger partial charge in [-0.1, -0.05) is 0 Å². The average Bonchev–Trinajstić information content (AvgIpc) is 2.46. The lowest BCUT2D eigenvalue weighted by atomic mass is 10.5. The van der Waals surface area contributed by atoms with E-state index in [4.69, 9.17) is 33.5 Å². The van der Waals surface area contributed by atoms with Gasteiger partial charge in [0, 0.05) is 21.3 Å². The predicted molar refractivity (Wildman–Crippen MR) is 112 cm³/mol. The number of phosphoric acid groups is 1. The Morgan fingerprint density at radius 2 is 0.690 bits per heavy atom. The minimum atomic E-state index is -5.39. The summed E-state index contributed by atoms with van der Waals surface area (Å²) < 4.78 is 26.2. The molecule has 0 aromatic carbocycles. The average molecular weight is 450 g/mol. The summed E-state index contributed by atoms with van der Waals surface area (Å²) in [5.41, 5.74) is 0. The van der Waals surface area contributed by atoms with Crippen LogP contribution in [0.1, 0.15) is 0 Å². The maximum absolute atomic E-state index is 8.55. The highest BCUT2D eigenvalue weighted by Crippen LogP contribution is 2.03. The minimum Gasteiger partial charge on any atom is -0.822 e. The monoisotopic (exact) mass is 449 g/mol. The van der Waals surface area contributed by atoms with E-state index in [1.54, 1.807) is 21.3 Å². The summed E-state index contributed by atoms with van der Waals surface area (Å²) in [7, 11) is 19.2. The molecule has 10 nitrogen and oxygen atoms in total. The van der Waals surface area contributed by atoms with E-state index in [1.165, 1.54) is 0 Å². The van der Waals surface area contributed by atoms with E-state index in [-0.39, 0.29) is 0 Å². The number of ether oxygens (including phenoxy) is 3. The van der Waals surface area contributed by atoms with E-state index in [0.29, 0.717) is 0 Å². The van der Waals surface area contributed by atoms with Crippen LogP contribution in [0, 0.1) is 0 Å². The van der Waals surface area contributed by atoms with E-state index in [1.807, 2.05) is 0 Å². The van der Waals surface area contributed by atoms with Crippen molar-refractivity contribution < 1.29 is 46.9 Å². The van der Waals surface area contributed by atoms with Gasteiger partial charge in [0.05, 0.1) is 83.2 Å². The van der Waals surface area contributed by atoms with Gasteiger partial charge in [0.25, 0.3) is 0 Å². The lowest BCUT2D eigenvalue weighted by Crippen LogP contribution is -2.37. The van der Waals surface area contributed by atoms with Crippen LogP contribution in [0.15, 0.2) is 0 Å². The quantitative estimate of drug-likeness (QED) is 0.301. The summed E-state index contributed by atoms with van der Waals surface area (Å²) in [6.07, 6.45) is 0. The normalized spacial score (nSPS) is 12.0. The number of hydrogen-bond donors (Lipinski definition) is 0. The van der Waals surface area contributed by atoms with Gasteiger partial charge in [-0.2, -0.15) is 7.82 Å². The number of hydrogen-bond acceptors (Lipinski definition) is 7. The van der Waals surface area contributed by atoms with Crippen LogP contribution >= 0.6 is 7.82 Å². The molecular formula is C18H48N3O7P. The van der Waals surface area contributed by atoms with E-state index < -0.39 is 7.82 Å². The van der Waals surface area contributed by atoms with Crippen molar-refractivity contribution in [1.82, 2.24) is 0 Å². The molecule has 0 aliphatic heterocycles. The molecule has 0 aliphatic rings. The highest BCUT2D eigenvalue weighted by atomic mass is 31.2. The first kappa shape index (κ1) is 36.3. The second-order valence-electron chi connectivity index (χ2n) is 9.47. The van der Waals surface area contributed by atoms with Gasteiger partial charge in [-0.25, -0.2) is 0 Å². The minimum absolute atomic E-state index is 0.851. The van der Waals surface area contributed by atoms with Gasteiger partial charge in [0.2, 0.25) is 0 Å². The van der Waals surface area contributed by atoms with E-state index >= 15 is 0 Å². The lowest BCUT2D eigenvalue weighted by molar-refractivity contribution is -0.870. The highest BCUT2D eigenvalue weighted by Gasteiger charge is 2.04. The van der Waals surface area contributed by atoms with Crippen molar-refractivity contribution >= 4 is 7.82 Å². The highest BCUT2D eigenvalue weighted by molar-refractivity contribution is 7.40. The Balaban J connectivity index is -0.000000146. The summed E-state index contributed by atoms with van der Waals surface area (Å²) in [6, 6.07) is 0. The van der Waals surface area contributed by atoms with Crippen molar-refractivity contribution in [1.29, 1.82) is 0 Å². The van der Waals surface area contributed by atoms with Crippen LogP contribution in [-0.4, -0.2) is 138 Å². The molecule has 0 radical (unpaired) electrons. The Bertz CT molecular complexity index is 335. The third-order valence-electron chi connectivity index (χ3n) is 2.90. The number of likely N-dealkylation sites (N-methyl/N-ethyl adjacent to an activating group) is 3. The van der Waals surface area contributed by atoms with Gasteiger partial charge in [0.1, 0.15) is 19.6 Å². The molecule has 0 aliphatic carbocycles. The number of quaternary nitrogens is 3. The lowest BCUT2D eigenvalue weighted by Gasteiger charge is -2.36. The first-order valence-electron chi connectivity index (χ1n) is 9.29. The van der Waals surface area contributed by atoms with Gasteiger partial charge < -0.3 is 46.9 Å². The first-order valence-corrected chi connectivity index (χ1v) is 10.8. The molecule has 0 aromatic rings. The van der Waals surface area contributed by atoms with Gasteiger partial charge in [-0.15, -0.1) is 0 Å². The molecule has 0 atom stereocenters. The maximum Gasteiger partial charge on any atom is 0.102 e. The Labute approximate surface area is 179 Å². The van der Waals surface area contributed by atoms with E-state index in [0.717, 1.165) is 52.9 Å². The molecule has 0 N–H and O–H groups in total. The molecule has 0 spiro atoms. The topological polar surface area (TPSA) is 114 Å². The summed E-state index contributed by atoms with van der Waals surface area (Å²) >= 11 is 0. The van der Waals surface area contributed by atoms with Crippen LogP contribution in [0.2, 0.25) is 0 Å². The van der Waals surface area contributed by atoms with E-state index in [9.17, 15) is 0 Å². The van der Waals surface area contributed by atoms with Crippen molar-refractivity contribution in [2.24, 2.45) is 0 Å². The Hall–Kier alpha value is -0.130. The molecule has 0 saturated carbocycles. The molecule has 0 bridgehead atoms. The van der Waals surface area contributed by atoms with Gasteiger partial charge in [0.15, 0.2) is 0 Å². The SMILES string of the molecule is COCC[N+](C)(C)C.COCC[N+](C)(C)C.COCC[N+](C)(C)C.O=P([O-])([O-])[O-]. The van der Waals surface area contributed by atoms with Crippen molar-refractivity contribution in [3.8, 4) is 0 Å². The molecule has 182 valence electrons. The molecular weight excluding hydrogens is 401 g/mol. The summed E-state index contributed by atoms with van der Waals surface area (Å²) in [5.74, 6) is 0. The predicted octanol–water partition coefficient (Wildman–Crippen LogP) is -1.81. The van der Waals surface area contributed by atoms with Gasteiger partial charge in [-0.3, -0.25) is 0 Å². The van der Waals surface area contributed by atoms with Crippen molar-refractivity contribution in [3.63, 3.8) is 0 Å². The third kappa shape index (κ3) is 84.4. The van der Waals surface area contributed by atoms with Crippen LogP contribution in [0.4, 0.5) is 0 Å². The largest absolute Gasteiger partial charge is 0.822 e. The van der Waals surface area contributed by atoms with Crippen LogP contribution in [0.3, 0.4) is 0 Å². The Kier molecular flexibility index (Phi) is 23.3. The van der Waals surface area contributed by atoms with Crippen molar-refractivity contribution in [2.45, 2.75) is 0 Å². The molecule has 0 saturated heterocycles. The summed E-state index contributed by atoms with van der Waals surface area (Å²) in [5, 5.41) is 0. The standard InChI is InChI=1S/3C6H16NO.H3O4P/c3*1-7(2,3)5-6-8-4;1-5(2,3)4/h3*5-6H2,1-4H3;(H3,1,2,3,4)/q3*+1;/p-3. The molecule has 0 fully saturated rings. The first-order chi connectivity index (χ1) is 12.7. The van der Waals surface area contributed by atoms with E-state index in [2.05, 4.69) is 63.4 Å². The molecule has 29 heavy (non-hydrogen) atoms. The fourth-order valence-corrected chi connectivity index (χ4v) is 1.10. The Morgan fingerprint density at radius 3 is 0.724 bits per heavy atom. The number of rotatable bonds is 9. The third-order valence-corrected chi connectivity index (χ3v) is 2.90.